The van der Waals surface area contributed by atoms with Crippen molar-refractivity contribution in [3.05, 3.63) is 19.7 Å². The Bertz CT molecular complexity index is 442. The summed E-state index contributed by atoms with van der Waals surface area (Å²) in [7, 11) is 0. The van der Waals surface area contributed by atoms with Crippen LogP contribution in [0.5, 0.6) is 0 Å². The number of hydrogen-bond donors (Lipinski definition) is 0. The first-order chi connectivity index (χ1) is 5.70. The minimum atomic E-state index is 0.604. The molecule has 62 valence electrons. The maximum absolute atomic E-state index is 5.98. The lowest BCUT2D eigenvalue weighted by atomic mass is 10.3. The van der Waals surface area contributed by atoms with Gasteiger partial charge in [-0.1, -0.05) is 23.2 Å². The average Bonchev–Trinajstić information content (AvgIpc) is 2.48. The molecule has 0 saturated heterocycles. The van der Waals surface area contributed by atoms with Crippen LogP contribution in [-0.2, 0) is 0 Å². The van der Waals surface area contributed by atoms with Crippen LogP contribution in [0.1, 0.15) is 0 Å². The van der Waals surface area contributed by atoms with E-state index in [1.165, 1.54) is 0 Å². The van der Waals surface area contributed by atoms with Crippen LogP contribution in [0.4, 0.5) is 0 Å². The number of fused-ring (bicyclic) bond motifs is 1. The Morgan fingerprint density at radius 1 is 1.25 bits per heavy atom. The third-order valence-corrected chi connectivity index (χ3v) is 3.75. The predicted molar refractivity (Wildman–Crippen MR) is 60.2 cm³/mol. The van der Waals surface area contributed by atoms with Gasteiger partial charge in [-0.2, -0.15) is 8.75 Å². The molecule has 2 rings (SSSR count). The van der Waals surface area contributed by atoms with Gasteiger partial charge in [0.1, 0.15) is 11.0 Å². The number of nitrogens with zero attached hydrogens (tertiary/aromatic N) is 2. The Balaban J connectivity index is 2.97. The second kappa shape index (κ2) is 3.25. The lowest BCUT2D eigenvalue weighted by Gasteiger charge is -1.96. The van der Waals surface area contributed by atoms with Crippen LogP contribution in [0, 0.1) is 3.57 Å². The molecule has 0 saturated carbocycles. The monoisotopic (exact) mass is 330 g/mol. The summed E-state index contributed by atoms with van der Waals surface area (Å²) in [6.07, 6.45) is 0. The van der Waals surface area contributed by atoms with Gasteiger partial charge in [-0.3, -0.25) is 0 Å². The highest BCUT2D eigenvalue weighted by atomic mass is 127. The van der Waals surface area contributed by atoms with E-state index in [0.717, 1.165) is 15.3 Å². The first kappa shape index (κ1) is 8.93. The van der Waals surface area contributed by atoms with Crippen LogP contribution in [0.2, 0.25) is 10.0 Å². The lowest BCUT2D eigenvalue weighted by molar-refractivity contribution is 1.61. The van der Waals surface area contributed by atoms with Crippen LogP contribution in [-0.4, -0.2) is 8.75 Å². The van der Waals surface area contributed by atoms with E-state index < -0.39 is 0 Å². The molecule has 0 bridgehead atoms. The Labute approximate surface area is 96.3 Å². The highest BCUT2D eigenvalue weighted by Crippen LogP contribution is 2.32. The summed E-state index contributed by atoms with van der Waals surface area (Å²) in [5.41, 5.74) is 1.38. The molecule has 1 aromatic heterocycles. The van der Waals surface area contributed by atoms with Gasteiger partial charge in [-0.25, -0.2) is 0 Å². The van der Waals surface area contributed by atoms with Gasteiger partial charge in [0, 0.05) is 3.57 Å². The molecule has 0 radical (unpaired) electrons. The smallest absolute Gasteiger partial charge is 0.125 e. The van der Waals surface area contributed by atoms with Crippen molar-refractivity contribution in [2.24, 2.45) is 0 Å². The Kier molecular flexibility index (Phi) is 2.42. The lowest BCUT2D eigenvalue weighted by Crippen LogP contribution is -1.79. The highest BCUT2D eigenvalue weighted by Gasteiger charge is 2.10. The number of hydrogen-bond acceptors (Lipinski definition) is 3. The molecule has 0 unspecified atom stereocenters. The molecule has 0 fully saturated rings. The molecular weight excluding hydrogens is 330 g/mol. The van der Waals surface area contributed by atoms with Crippen LogP contribution >= 0.6 is 57.5 Å². The van der Waals surface area contributed by atoms with E-state index in [2.05, 4.69) is 31.3 Å². The highest BCUT2D eigenvalue weighted by molar-refractivity contribution is 14.1. The molecule has 0 aliphatic heterocycles. The van der Waals surface area contributed by atoms with Crippen molar-refractivity contribution in [2.75, 3.05) is 0 Å². The Morgan fingerprint density at radius 3 is 2.67 bits per heavy atom. The predicted octanol–water partition coefficient (Wildman–Crippen LogP) is 3.60. The van der Waals surface area contributed by atoms with Gasteiger partial charge in [0.15, 0.2) is 0 Å². The SMILES string of the molecule is Clc1cc(I)c(Cl)c2nsnc12. The van der Waals surface area contributed by atoms with Crippen molar-refractivity contribution < 1.29 is 0 Å². The zero-order valence-corrected chi connectivity index (χ0v) is 10.00. The van der Waals surface area contributed by atoms with Gasteiger partial charge in [-0.05, 0) is 28.7 Å². The second-order valence-electron chi connectivity index (χ2n) is 2.12. The molecule has 2 nitrogen and oxygen atoms in total. The largest absolute Gasteiger partial charge is 0.171 e. The molecular formula is C6HCl2IN2S. The van der Waals surface area contributed by atoms with Crippen LogP contribution in [0.25, 0.3) is 11.0 Å². The van der Waals surface area contributed by atoms with E-state index in [4.69, 9.17) is 23.2 Å². The van der Waals surface area contributed by atoms with Crippen LogP contribution in [0.3, 0.4) is 0 Å². The summed E-state index contributed by atoms with van der Waals surface area (Å²) in [6.45, 7) is 0. The summed E-state index contributed by atoms with van der Waals surface area (Å²) in [5, 5.41) is 1.23. The molecule has 0 spiro atoms. The topological polar surface area (TPSA) is 25.8 Å². The fourth-order valence-corrected chi connectivity index (χ4v) is 2.69. The molecule has 0 atom stereocenters. The summed E-state index contributed by atoms with van der Waals surface area (Å²) >= 11 is 15.1. The van der Waals surface area contributed by atoms with Crippen molar-refractivity contribution in [1.82, 2.24) is 8.75 Å². The third-order valence-electron chi connectivity index (χ3n) is 1.39. The van der Waals surface area contributed by atoms with Gasteiger partial charge in [0.05, 0.1) is 21.8 Å². The molecule has 12 heavy (non-hydrogen) atoms. The van der Waals surface area contributed by atoms with Crippen molar-refractivity contribution in [3.8, 4) is 0 Å². The second-order valence-corrected chi connectivity index (χ2v) is 4.59. The van der Waals surface area contributed by atoms with E-state index in [1.54, 1.807) is 6.07 Å². The quantitative estimate of drug-likeness (QED) is 0.545. The molecule has 0 aliphatic rings. The van der Waals surface area contributed by atoms with E-state index in [1.807, 2.05) is 0 Å². The molecule has 1 aromatic carbocycles. The number of benzene rings is 1. The van der Waals surface area contributed by atoms with Gasteiger partial charge in [-0.15, -0.1) is 0 Å². The van der Waals surface area contributed by atoms with Crippen molar-refractivity contribution in [3.63, 3.8) is 0 Å². The Morgan fingerprint density at radius 2 is 1.92 bits per heavy atom. The number of aromatic nitrogens is 2. The Hall–Kier alpha value is 0.350. The standard InChI is InChI=1S/C6HCl2IN2S/c7-2-1-3(9)4(8)6-5(2)10-12-11-6/h1H. The molecule has 1 heterocycles. The van der Waals surface area contributed by atoms with Crippen molar-refractivity contribution in [1.29, 1.82) is 0 Å². The number of rotatable bonds is 0. The van der Waals surface area contributed by atoms with E-state index in [9.17, 15) is 0 Å². The van der Waals surface area contributed by atoms with Crippen molar-refractivity contribution in [2.45, 2.75) is 0 Å². The first-order valence-corrected chi connectivity index (χ1v) is 5.52. The molecule has 0 aliphatic carbocycles. The molecule has 0 N–H and O–H groups in total. The van der Waals surface area contributed by atoms with Crippen LogP contribution < -0.4 is 0 Å². The maximum atomic E-state index is 5.98. The zero-order valence-electron chi connectivity index (χ0n) is 5.51. The minimum absolute atomic E-state index is 0.604. The van der Waals surface area contributed by atoms with Gasteiger partial charge < -0.3 is 0 Å². The summed E-state index contributed by atoms with van der Waals surface area (Å²) in [4.78, 5) is 0. The summed E-state index contributed by atoms with van der Waals surface area (Å²) in [6, 6.07) is 1.79. The number of halogens is 3. The van der Waals surface area contributed by atoms with Crippen LogP contribution in [0.15, 0.2) is 6.07 Å². The van der Waals surface area contributed by atoms with Crippen molar-refractivity contribution >= 4 is 68.6 Å². The minimum Gasteiger partial charge on any atom is -0.171 e. The zero-order chi connectivity index (χ0) is 8.72. The van der Waals surface area contributed by atoms with Gasteiger partial charge in [0.25, 0.3) is 0 Å². The normalized spacial score (nSPS) is 10.9. The molecule has 6 heteroatoms. The van der Waals surface area contributed by atoms with E-state index >= 15 is 0 Å². The average molecular weight is 331 g/mol. The summed E-state index contributed by atoms with van der Waals surface area (Å²) in [5.74, 6) is 0. The first-order valence-electron chi connectivity index (χ1n) is 2.96. The fourth-order valence-electron chi connectivity index (χ4n) is 0.845. The van der Waals surface area contributed by atoms with E-state index in [-0.39, 0.29) is 0 Å². The summed E-state index contributed by atoms with van der Waals surface area (Å²) < 4.78 is 8.98. The molecule has 2 aromatic rings. The van der Waals surface area contributed by atoms with Gasteiger partial charge >= 0.3 is 0 Å². The maximum Gasteiger partial charge on any atom is 0.125 e. The molecule has 0 amide bonds. The third kappa shape index (κ3) is 1.30. The van der Waals surface area contributed by atoms with E-state index in [0.29, 0.717) is 21.1 Å². The fraction of sp³-hybridized carbons (Fsp3) is 0. The van der Waals surface area contributed by atoms with Gasteiger partial charge in [0.2, 0.25) is 0 Å².